The van der Waals surface area contributed by atoms with Gasteiger partial charge < -0.3 is 14.2 Å². The number of benzene rings is 1. The second-order valence-electron chi connectivity index (χ2n) is 4.95. The standard InChI is InChI=1S/C18H16ClNO6/c1-3-24-16(21)12-7-13(17(22)25-4-2)9-14(8-12)26-18(23)11-5-6-15(19)20-10-11/h5-10H,3-4H2,1-2H3. The zero-order valence-corrected chi connectivity index (χ0v) is 14.9. The number of halogens is 1. The Morgan fingerprint density at radius 3 is 1.92 bits per heavy atom. The van der Waals surface area contributed by atoms with Crippen LogP contribution >= 0.6 is 11.6 Å². The minimum Gasteiger partial charge on any atom is -0.462 e. The number of rotatable bonds is 6. The first-order chi connectivity index (χ1) is 12.4. The van der Waals surface area contributed by atoms with Crippen LogP contribution in [0.15, 0.2) is 36.5 Å². The molecule has 0 aliphatic rings. The molecule has 0 atom stereocenters. The molecule has 0 bridgehead atoms. The van der Waals surface area contributed by atoms with Crippen LogP contribution in [0.2, 0.25) is 5.15 Å². The maximum Gasteiger partial charge on any atom is 0.345 e. The van der Waals surface area contributed by atoms with Gasteiger partial charge in [0.1, 0.15) is 10.9 Å². The number of esters is 3. The molecule has 0 amide bonds. The van der Waals surface area contributed by atoms with Crippen LogP contribution in [-0.4, -0.2) is 36.1 Å². The number of carbonyl (C=O) groups is 3. The molecule has 0 aliphatic carbocycles. The lowest BCUT2D eigenvalue weighted by atomic mass is 10.1. The van der Waals surface area contributed by atoms with Crippen molar-refractivity contribution >= 4 is 29.5 Å². The van der Waals surface area contributed by atoms with E-state index in [1.807, 2.05) is 0 Å². The molecule has 7 nitrogen and oxygen atoms in total. The van der Waals surface area contributed by atoms with Crippen molar-refractivity contribution in [1.82, 2.24) is 4.98 Å². The predicted octanol–water partition coefficient (Wildman–Crippen LogP) is 3.31. The summed E-state index contributed by atoms with van der Waals surface area (Å²) >= 11 is 5.68. The highest BCUT2D eigenvalue weighted by Gasteiger charge is 2.17. The molecule has 1 aromatic carbocycles. The van der Waals surface area contributed by atoms with Crippen LogP contribution < -0.4 is 4.74 Å². The number of hydrogen-bond acceptors (Lipinski definition) is 7. The summed E-state index contributed by atoms with van der Waals surface area (Å²) in [5.41, 5.74) is 0.289. The molecule has 0 fully saturated rings. The van der Waals surface area contributed by atoms with Crippen molar-refractivity contribution in [3.05, 3.63) is 58.4 Å². The molecule has 0 saturated heterocycles. The molecule has 136 valence electrons. The monoisotopic (exact) mass is 377 g/mol. The minimum atomic E-state index is -0.718. The van der Waals surface area contributed by atoms with Gasteiger partial charge in [0, 0.05) is 6.20 Å². The number of pyridine rings is 1. The minimum absolute atomic E-state index is 0.00134. The molecule has 1 heterocycles. The second-order valence-corrected chi connectivity index (χ2v) is 5.33. The van der Waals surface area contributed by atoms with Gasteiger partial charge in [-0.05, 0) is 44.2 Å². The van der Waals surface area contributed by atoms with Crippen LogP contribution in [0.3, 0.4) is 0 Å². The van der Waals surface area contributed by atoms with E-state index in [1.54, 1.807) is 13.8 Å². The van der Waals surface area contributed by atoms with E-state index in [-0.39, 0.29) is 40.8 Å². The summed E-state index contributed by atoms with van der Waals surface area (Å²) in [5, 5.41) is 0.232. The largest absolute Gasteiger partial charge is 0.462 e. The molecule has 0 N–H and O–H groups in total. The molecule has 0 spiro atoms. The van der Waals surface area contributed by atoms with E-state index in [1.165, 1.54) is 36.5 Å². The quantitative estimate of drug-likeness (QED) is 0.433. The van der Waals surface area contributed by atoms with E-state index in [4.69, 9.17) is 25.8 Å². The fraction of sp³-hybridized carbons (Fsp3) is 0.222. The highest BCUT2D eigenvalue weighted by Crippen LogP contribution is 2.21. The lowest BCUT2D eigenvalue weighted by Gasteiger charge is -2.10. The molecule has 0 radical (unpaired) electrons. The SMILES string of the molecule is CCOC(=O)c1cc(OC(=O)c2ccc(Cl)nc2)cc(C(=O)OCC)c1. The molecule has 0 aliphatic heterocycles. The zero-order valence-electron chi connectivity index (χ0n) is 14.2. The lowest BCUT2D eigenvalue weighted by Crippen LogP contribution is -2.13. The van der Waals surface area contributed by atoms with Gasteiger partial charge in [0.05, 0.1) is 29.9 Å². The van der Waals surface area contributed by atoms with Gasteiger partial charge >= 0.3 is 17.9 Å². The van der Waals surface area contributed by atoms with E-state index in [0.717, 1.165) is 0 Å². The van der Waals surface area contributed by atoms with Gasteiger partial charge in [-0.15, -0.1) is 0 Å². The van der Waals surface area contributed by atoms with E-state index in [2.05, 4.69) is 4.98 Å². The van der Waals surface area contributed by atoms with E-state index >= 15 is 0 Å². The third kappa shape index (κ3) is 5.03. The fourth-order valence-electron chi connectivity index (χ4n) is 1.99. The third-order valence-corrected chi connectivity index (χ3v) is 3.33. The number of ether oxygens (including phenoxy) is 3. The summed E-state index contributed by atoms with van der Waals surface area (Å²) in [7, 11) is 0. The van der Waals surface area contributed by atoms with Gasteiger partial charge in [0.15, 0.2) is 0 Å². The van der Waals surface area contributed by atoms with E-state index in [9.17, 15) is 14.4 Å². The van der Waals surface area contributed by atoms with Crippen LogP contribution in [0, 0.1) is 0 Å². The van der Waals surface area contributed by atoms with Crippen molar-refractivity contribution in [3.63, 3.8) is 0 Å². The average molecular weight is 378 g/mol. The van der Waals surface area contributed by atoms with Crippen molar-refractivity contribution in [1.29, 1.82) is 0 Å². The second kappa shape index (κ2) is 8.96. The summed E-state index contributed by atoms with van der Waals surface area (Å²) in [6.07, 6.45) is 1.26. The maximum absolute atomic E-state index is 12.2. The van der Waals surface area contributed by atoms with Gasteiger partial charge in [0.2, 0.25) is 0 Å². The van der Waals surface area contributed by atoms with Crippen LogP contribution in [0.25, 0.3) is 0 Å². The summed E-state index contributed by atoms with van der Waals surface area (Å²) in [6.45, 7) is 3.63. The number of hydrogen-bond donors (Lipinski definition) is 0. The maximum atomic E-state index is 12.2. The zero-order chi connectivity index (χ0) is 19.1. The molecule has 2 aromatic rings. The lowest BCUT2D eigenvalue weighted by molar-refractivity contribution is 0.0521. The van der Waals surface area contributed by atoms with Crippen LogP contribution in [0.5, 0.6) is 5.75 Å². The Labute approximate surface area is 154 Å². The van der Waals surface area contributed by atoms with Gasteiger partial charge in [0.25, 0.3) is 0 Å². The Bertz CT molecular complexity index is 783. The number of carbonyl (C=O) groups excluding carboxylic acids is 3. The Hall–Kier alpha value is -2.93. The smallest absolute Gasteiger partial charge is 0.345 e. The van der Waals surface area contributed by atoms with Gasteiger partial charge in [-0.1, -0.05) is 11.6 Å². The van der Waals surface area contributed by atoms with Gasteiger partial charge in [-0.3, -0.25) is 0 Å². The molecule has 1 aromatic heterocycles. The highest BCUT2D eigenvalue weighted by atomic mass is 35.5. The van der Waals surface area contributed by atoms with Crippen molar-refractivity contribution in [2.75, 3.05) is 13.2 Å². The molecule has 0 unspecified atom stereocenters. The van der Waals surface area contributed by atoms with Gasteiger partial charge in [-0.25, -0.2) is 19.4 Å². The third-order valence-electron chi connectivity index (χ3n) is 3.10. The Morgan fingerprint density at radius 1 is 0.885 bits per heavy atom. The topological polar surface area (TPSA) is 91.8 Å². The van der Waals surface area contributed by atoms with Crippen molar-refractivity contribution in [2.24, 2.45) is 0 Å². The molecule has 2 rings (SSSR count). The van der Waals surface area contributed by atoms with Crippen LogP contribution in [-0.2, 0) is 9.47 Å². The van der Waals surface area contributed by atoms with Crippen LogP contribution in [0.4, 0.5) is 0 Å². The molecular formula is C18H16ClNO6. The first-order valence-corrected chi connectivity index (χ1v) is 8.15. The fourth-order valence-corrected chi connectivity index (χ4v) is 2.10. The van der Waals surface area contributed by atoms with Crippen molar-refractivity contribution in [2.45, 2.75) is 13.8 Å². The highest BCUT2D eigenvalue weighted by molar-refractivity contribution is 6.29. The summed E-state index contributed by atoms with van der Waals surface area (Å²) in [5.74, 6) is -2.02. The Balaban J connectivity index is 2.33. The van der Waals surface area contributed by atoms with Gasteiger partial charge in [-0.2, -0.15) is 0 Å². The molecule has 26 heavy (non-hydrogen) atoms. The predicted molar refractivity (Wildman–Crippen MR) is 92.6 cm³/mol. The van der Waals surface area contributed by atoms with E-state index < -0.39 is 17.9 Å². The summed E-state index contributed by atoms with van der Waals surface area (Å²) < 4.78 is 15.1. The molecule has 0 saturated carbocycles. The first-order valence-electron chi connectivity index (χ1n) is 7.77. The number of aromatic nitrogens is 1. The number of nitrogens with zero attached hydrogens (tertiary/aromatic N) is 1. The molecular weight excluding hydrogens is 362 g/mol. The van der Waals surface area contributed by atoms with Crippen molar-refractivity contribution in [3.8, 4) is 5.75 Å². The Morgan fingerprint density at radius 2 is 1.46 bits per heavy atom. The van der Waals surface area contributed by atoms with E-state index in [0.29, 0.717) is 0 Å². The summed E-state index contributed by atoms with van der Waals surface area (Å²) in [4.78, 5) is 40.0. The Kier molecular flexibility index (Phi) is 6.68. The van der Waals surface area contributed by atoms with Crippen molar-refractivity contribution < 1.29 is 28.6 Å². The summed E-state index contributed by atoms with van der Waals surface area (Å²) in [6, 6.07) is 6.82. The first kappa shape index (κ1) is 19.4. The molecule has 8 heteroatoms. The normalized spacial score (nSPS) is 10.1. The van der Waals surface area contributed by atoms with Crippen LogP contribution in [0.1, 0.15) is 44.9 Å². The average Bonchev–Trinajstić information content (AvgIpc) is 2.62.